The van der Waals surface area contributed by atoms with E-state index in [0.29, 0.717) is 12.1 Å². The van der Waals surface area contributed by atoms with E-state index in [1.54, 1.807) is 7.11 Å². The summed E-state index contributed by atoms with van der Waals surface area (Å²) in [4.78, 5) is 0. The molecule has 0 bridgehead atoms. The lowest BCUT2D eigenvalue weighted by Gasteiger charge is -2.21. The van der Waals surface area contributed by atoms with Crippen LogP contribution in [0.4, 0.5) is 0 Å². The Morgan fingerprint density at radius 1 is 1.19 bits per heavy atom. The summed E-state index contributed by atoms with van der Waals surface area (Å²) in [7, 11) is 1.70. The van der Waals surface area contributed by atoms with Gasteiger partial charge in [-0.05, 0) is 60.7 Å². The van der Waals surface area contributed by atoms with Gasteiger partial charge in [-0.25, -0.2) is 0 Å². The Balaban J connectivity index is 1.72. The standard InChI is InChI=1S/C18H20BrNO/c1-12(13-3-7-16(21-2)8-4-13)20-18-10-5-14-11-15(19)6-9-17(14)18/h3-4,6-9,11-12,18,20H,5,10H2,1-2H3/t12-,18?/m0/s1. The number of rotatable bonds is 4. The van der Waals surface area contributed by atoms with Crippen LogP contribution in [-0.4, -0.2) is 7.11 Å². The van der Waals surface area contributed by atoms with Gasteiger partial charge in [0.2, 0.25) is 0 Å². The van der Waals surface area contributed by atoms with Crippen molar-refractivity contribution in [3.05, 3.63) is 63.6 Å². The maximum atomic E-state index is 5.22. The van der Waals surface area contributed by atoms with Crippen LogP contribution in [0.15, 0.2) is 46.9 Å². The summed E-state index contributed by atoms with van der Waals surface area (Å²) in [6.07, 6.45) is 2.33. The molecule has 2 nitrogen and oxygen atoms in total. The summed E-state index contributed by atoms with van der Waals surface area (Å²) in [5.41, 5.74) is 4.20. The number of nitrogens with one attached hydrogen (secondary N) is 1. The van der Waals surface area contributed by atoms with Crippen LogP contribution in [0.25, 0.3) is 0 Å². The van der Waals surface area contributed by atoms with Gasteiger partial charge in [-0.2, -0.15) is 0 Å². The Morgan fingerprint density at radius 3 is 2.67 bits per heavy atom. The van der Waals surface area contributed by atoms with Gasteiger partial charge in [0, 0.05) is 16.6 Å². The molecule has 0 saturated carbocycles. The van der Waals surface area contributed by atoms with Crippen molar-refractivity contribution in [3.8, 4) is 5.75 Å². The Hall–Kier alpha value is -1.32. The normalized spacial score (nSPS) is 18.3. The molecule has 2 aromatic carbocycles. The van der Waals surface area contributed by atoms with E-state index >= 15 is 0 Å². The summed E-state index contributed by atoms with van der Waals surface area (Å²) in [5.74, 6) is 0.905. The Kier molecular flexibility index (Phi) is 4.32. The predicted octanol–water partition coefficient (Wildman–Crippen LogP) is 4.80. The molecule has 0 spiro atoms. The quantitative estimate of drug-likeness (QED) is 0.859. The van der Waals surface area contributed by atoms with E-state index in [1.807, 2.05) is 12.1 Å². The maximum absolute atomic E-state index is 5.22. The molecule has 0 heterocycles. The summed E-state index contributed by atoms with van der Waals surface area (Å²) >= 11 is 3.55. The highest BCUT2D eigenvalue weighted by Crippen LogP contribution is 2.34. The second kappa shape index (κ2) is 6.20. The zero-order chi connectivity index (χ0) is 14.8. The van der Waals surface area contributed by atoms with Gasteiger partial charge in [0.05, 0.1) is 7.11 Å². The van der Waals surface area contributed by atoms with Crippen LogP contribution in [0.5, 0.6) is 5.75 Å². The van der Waals surface area contributed by atoms with Crippen molar-refractivity contribution in [3.63, 3.8) is 0 Å². The lowest BCUT2D eigenvalue weighted by atomic mass is 10.0. The molecule has 1 N–H and O–H groups in total. The minimum absolute atomic E-state index is 0.329. The van der Waals surface area contributed by atoms with Crippen molar-refractivity contribution in [2.75, 3.05) is 7.11 Å². The minimum Gasteiger partial charge on any atom is -0.497 e. The molecule has 2 aromatic rings. The second-order valence-corrected chi connectivity index (χ2v) is 6.51. The molecular weight excluding hydrogens is 326 g/mol. The van der Waals surface area contributed by atoms with Gasteiger partial charge < -0.3 is 10.1 Å². The lowest BCUT2D eigenvalue weighted by Crippen LogP contribution is -2.22. The third-order valence-electron chi connectivity index (χ3n) is 4.25. The van der Waals surface area contributed by atoms with Gasteiger partial charge in [0.15, 0.2) is 0 Å². The van der Waals surface area contributed by atoms with Crippen LogP contribution in [-0.2, 0) is 6.42 Å². The molecule has 1 aliphatic carbocycles. The van der Waals surface area contributed by atoms with Crippen LogP contribution < -0.4 is 10.1 Å². The third kappa shape index (κ3) is 3.14. The van der Waals surface area contributed by atoms with Gasteiger partial charge >= 0.3 is 0 Å². The fraction of sp³-hybridized carbons (Fsp3) is 0.333. The van der Waals surface area contributed by atoms with Crippen LogP contribution in [0.1, 0.15) is 42.1 Å². The summed E-state index contributed by atoms with van der Waals surface area (Å²) in [6, 6.07) is 15.7. The van der Waals surface area contributed by atoms with Crippen molar-refractivity contribution in [2.24, 2.45) is 0 Å². The van der Waals surface area contributed by atoms with Gasteiger partial charge in [-0.1, -0.05) is 34.1 Å². The van der Waals surface area contributed by atoms with Crippen molar-refractivity contribution >= 4 is 15.9 Å². The van der Waals surface area contributed by atoms with Crippen LogP contribution in [0.3, 0.4) is 0 Å². The number of benzene rings is 2. The van der Waals surface area contributed by atoms with E-state index in [1.165, 1.54) is 27.6 Å². The monoisotopic (exact) mass is 345 g/mol. The third-order valence-corrected chi connectivity index (χ3v) is 4.74. The Labute approximate surface area is 134 Å². The van der Waals surface area contributed by atoms with Gasteiger partial charge in [-0.15, -0.1) is 0 Å². The van der Waals surface area contributed by atoms with E-state index in [4.69, 9.17) is 4.74 Å². The van der Waals surface area contributed by atoms with E-state index in [2.05, 4.69) is 58.5 Å². The first-order valence-electron chi connectivity index (χ1n) is 7.35. The first-order chi connectivity index (χ1) is 10.2. The molecule has 3 heteroatoms. The smallest absolute Gasteiger partial charge is 0.118 e. The number of hydrogen-bond acceptors (Lipinski definition) is 2. The van der Waals surface area contributed by atoms with Crippen molar-refractivity contribution in [1.29, 1.82) is 0 Å². The van der Waals surface area contributed by atoms with E-state index in [-0.39, 0.29) is 0 Å². The summed E-state index contributed by atoms with van der Waals surface area (Å²) in [6.45, 7) is 2.22. The zero-order valence-electron chi connectivity index (χ0n) is 12.4. The van der Waals surface area contributed by atoms with Gasteiger partial charge in [-0.3, -0.25) is 0 Å². The first kappa shape index (κ1) is 14.6. The average Bonchev–Trinajstić information content (AvgIpc) is 2.89. The highest BCUT2D eigenvalue weighted by molar-refractivity contribution is 9.10. The molecule has 3 rings (SSSR count). The lowest BCUT2D eigenvalue weighted by molar-refractivity contribution is 0.414. The van der Waals surface area contributed by atoms with E-state index in [0.717, 1.165) is 12.2 Å². The number of hydrogen-bond donors (Lipinski definition) is 1. The predicted molar refractivity (Wildman–Crippen MR) is 89.7 cm³/mol. The molecule has 0 aromatic heterocycles. The largest absolute Gasteiger partial charge is 0.497 e. The molecule has 21 heavy (non-hydrogen) atoms. The van der Waals surface area contributed by atoms with Crippen molar-refractivity contribution < 1.29 is 4.74 Å². The number of halogens is 1. The van der Waals surface area contributed by atoms with Crippen LogP contribution >= 0.6 is 15.9 Å². The molecule has 0 radical (unpaired) electrons. The van der Waals surface area contributed by atoms with Crippen LogP contribution in [0.2, 0.25) is 0 Å². The molecule has 1 aliphatic rings. The molecule has 0 saturated heterocycles. The first-order valence-corrected chi connectivity index (χ1v) is 8.15. The number of fused-ring (bicyclic) bond motifs is 1. The number of ether oxygens (including phenoxy) is 1. The molecule has 0 fully saturated rings. The maximum Gasteiger partial charge on any atom is 0.118 e. The number of aryl methyl sites for hydroxylation is 1. The van der Waals surface area contributed by atoms with Crippen molar-refractivity contribution in [2.45, 2.75) is 31.8 Å². The number of methoxy groups -OCH3 is 1. The summed E-state index contributed by atoms with van der Waals surface area (Å²) in [5, 5.41) is 3.75. The van der Waals surface area contributed by atoms with Gasteiger partial charge in [0.1, 0.15) is 5.75 Å². The van der Waals surface area contributed by atoms with Crippen molar-refractivity contribution in [1.82, 2.24) is 5.32 Å². The second-order valence-electron chi connectivity index (χ2n) is 5.60. The molecule has 1 unspecified atom stereocenters. The van der Waals surface area contributed by atoms with Gasteiger partial charge in [0.25, 0.3) is 0 Å². The average molecular weight is 346 g/mol. The SMILES string of the molecule is COc1ccc([C@H](C)NC2CCc3cc(Br)ccc32)cc1. The molecule has 0 amide bonds. The fourth-order valence-electron chi connectivity index (χ4n) is 3.05. The highest BCUT2D eigenvalue weighted by Gasteiger charge is 2.23. The molecule has 0 aliphatic heterocycles. The Morgan fingerprint density at radius 2 is 1.95 bits per heavy atom. The van der Waals surface area contributed by atoms with E-state index < -0.39 is 0 Å². The topological polar surface area (TPSA) is 21.3 Å². The molecule has 2 atom stereocenters. The zero-order valence-corrected chi connectivity index (χ0v) is 14.0. The molecule has 110 valence electrons. The molecular formula is C18H20BrNO. The fourth-order valence-corrected chi connectivity index (χ4v) is 3.46. The highest BCUT2D eigenvalue weighted by atomic mass is 79.9. The van der Waals surface area contributed by atoms with Crippen LogP contribution in [0, 0.1) is 0 Å². The Bertz CT molecular complexity index is 624. The minimum atomic E-state index is 0.329. The summed E-state index contributed by atoms with van der Waals surface area (Å²) < 4.78 is 6.39. The van der Waals surface area contributed by atoms with E-state index in [9.17, 15) is 0 Å².